The average Bonchev–Trinajstić information content (AvgIpc) is 2.15. The summed E-state index contributed by atoms with van der Waals surface area (Å²) < 4.78 is 0. The third-order valence-corrected chi connectivity index (χ3v) is 2.20. The van der Waals surface area contributed by atoms with Gasteiger partial charge in [-0.25, -0.2) is 9.59 Å². The average molecular weight is 196 g/mol. The van der Waals surface area contributed by atoms with Gasteiger partial charge in [0.05, 0.1) is 0 Å². The minimum absolute atomic E-state index is 0.355. The van der Waals surface area contributed by atoms with Gasteiger partial charge in [-0.2, -0.15) is 0 Å². The molecule has 0 amide bonds. The molecule has 0 unspecified atom stereocenters. The van der Waals surface area contributed by atoms with E-state index in [0.29, 0.717) is 24.0 Å². The number of aliphatic carboxylic acids is 2. The molecule has 1 aliphatic rings. The first-order chi connectivity index (χ1) is 6.61. The lowest BCUT2D eigenvalue weighted by Crippen LogP contribution is -2.08. The van der Waals surface area contributed by atoms with Gasteiger partial charge < -0.3 is 10.2 Å². The molecule has 0 saturated carbocycles. The molecule has 0 fully saturated rings. The lowest BCUT2D eigenvalue weighted by Gasteiger charge is -2.14. The number of allylic oxidation sites excluding steroid dienone is 2. The zero-order valence-corrected chi connectivity index (χ0v) is 7.69. The van der Waals surface area contributed by atoms with Crippen LogP contribution in [0.5, 0.6) is 0 Å². The van der Waals surface area contributed by atoms with Crippen LogP contribution in [0.25, 0.3) is 0 Å². The Labute approximate surface area is 81.6 Å². The van der Waals surface area contributed by atoms with Gasteiger partial charge in [0.2, 0.25) is 0 Å². The van der Waals surface area contributed by atoms with E-state index in [2.05, 4.69) is 0 Å². The van der Waals surface area contributed by atoms with Crippen LogP contribution in [-0.2, 0) is 9.59 Å². The maximum atomic E-state index is 10.8. The normalized spacial score (nSPS) is 17.4. The molecule has 0 radical (unpaired) electrons. The second-order valence-corrected chi connectivity index (χ2v) is 3.19. The van der Waals surface area contributed by atoms with Crippen molar-refractivity contribution in [1.82, 2.24) is 0 Å². The molecule has 0 aliphatic heterocycles. The Bertz CT molecular complexity index is 312. The van der Waals surface area contributed by atoms with Crippen molar-refractivity contribution in [2.24, 2.45) is 0 Å². The lowest BCUT2D eigenvalue weighted by molar-refractivity contribution is -0.133. The molecule has 0 aromatic carbocycles. The predicted octanol–water partition coefficient (Wildman–Crippen LogP) is 1.58. The first-order valence-corrected chi connectivity index (χ1v) is 4.47. The van der Waals surface area contributed by atoms with Crippen LogP contribution in [0.2, 0.25) is 0 Å². The number of carbonyl (C=O) groups is 2. The summed E-state index contributed by atoms with van der Waals surface area (Å²) >= 11 is 0. The number of rotatable bonds is 3. The fraction of sp³-hybridized carbons (Fsp3) is 0.400. The smallest absolute Gasteiger partial charge is 0.331 e. The molecule has 76 valence electrons. The van der Waals surface area contributed by atoms with Gasteiger partial charge in [-0.3, -0.25) is 0 Å². The van der Waals surface area contributed by atoms with Crippen molar-refractivity contribution in [3.63, 3.8) is 0 Å². The highest BCUT2D eigenvalue weighted by Gasteiger charge is 2.16. The van der Waals surface area contributed by atoms with E-state index in [-0.39, 0.29) is 0 Å². The molecule has 14 heavy (non-hydrogen) atoms. The SMILES string of the molecule is O=C(O)/C=C/C1=C(C(=O)O)CCCC1. The van der Waals surface area contributed by atoms with Crippen molar-refractivity contribution in [2.75, 3.05) is 0 Å². The van der Waals surface area contributed by atoms with E-state index in [1.165, 1.54) is 6.08 Å². The van der Waals surface area contributed by atoms with Gasteiger partial charge in [-0.15, -0.1) is 0 Å². The largest absolute Gasteiger partial charge is 0.478 e. The molecular formula is C10H12O4. The number of carboxylic acid groups (broad SMARTS) is 2. The molecule has 0 aromatic rings. The standard InChI is InChI=1S/C10H12O4/c11-9(12)6-5-7-3-1-2-4-8(7)10(13)14/h5-6H,1-4H2,(H,11,12)(H,13,14)/b6-5+. The first kappa shape index (κ1) is 10.5. The third kappa shape index (κ3) is 2.73. The summed E-state index contributed by atoms with van der Waals surface area (Å²) in [5, 5.41) is 17.2. The summed E-state index contributed by atoms with van der Waals surface area (Å²) in [6.45, 7) is 0. The first-order valence-electron chi connectivity index (χ1n) is 4.47. The second-order valence-electron chi connectivity index (χ2n) is 3.19. The van der Waals surface area contributed by atoms with Gasteiger partial charge >= 0.3 is 11.9 Å². The minimum Gasteiger partial charge on any atom is -0.478 e. The van der Waals surface area contributed by atoms with Crippen LogP contribution >= 0.6 is 0 Å². The van der Waals surface area contributed by atoms with Gasteiger partial charge in [0.25, 0.3) is 0 Å². The van der Waals surface area contributed by atoms with Crippen LogP contribution in [-0.4, -0.2) is 22.2 Å². The Morgan fingerprint density at radius 2 is 1.79 bits per heavy atom. The Hall–Kier alpha value is -1.58. The second kappa shape index (κ2) is 4.60. The van der Waals surface area contributed by atoms with E-state index >= 15 is 0 Å². The van der Waals surface area contributed by atoms with Crippen molar-refractivity contribution in [1.29, 1.82) is 0 Å². The van der Waals surface area contributed by atoms with E-state index in [4.69, 9.17) is 10.2 Å². The minimum atomic E-state index is -1.05. The molecule has 0 saturated heterocycles. The van der Waals surface area contributed by atoms with E-state index in [9.17, 15) is 9.59 Å². The molecule has 4 heteroatoms. The van der Waals surface area contributed by atoms with Crippen LogP contribution in [0, 0.1) is 0 Å². The fourth-order valence-electron chi connectivity index (χ4n) is 1.53. The molecule has 0 heterocycles. The summed E-state index contributed by atoms with van der Waals surface area (Å²) in [5.41, 5.74) is 1.000. The summed E-state index contributed by atoms with van der Waals surface area (Å²) in [5.74, 6) is -1.98. The van der Waals surface area contributed by atoms with Crippen LogP contribution < -0.4 is 0 Å². The fourth-order valence-corrected chi connectivity index (χ4v) is 1.53. The highest BCUT2D eigenvalue weighted by atomic mass is 16.4. The molecule has 4 nitrogen and oxygen atoms in total. The third-order valence-electron chi connectivity index (χ3n) is 2.20. The molecular weight excluding hydrogens is 184 g/mol. The molecule has 0 bridgehead atoms. The van der Waals surface area contributed by atoms with Gasteiger partial charge in [0, 0.05) is 11.6 Å². The highest BCUT2D eigenvalue weighted by Crippen LogP contribution is 2.25. The highest BCUT2D eigenvalue weighted by molar-refractivity contribution is 5.89. The Kier molecular flexibility index (Phi) is 3.45. The Morgan fingerprint density at radius 3 is 2.36 bits per heavy atom. The van der Waals surface area contributed by atoms with E-state index < -0.39 is 11.9 Å². The number of hydrogen-bond acceptors (Lipinski definition) is 2. The summed E-state index contributed by atoms with van der Waals surface area (Å²) in [7, 11) is 0. The molecule has 1 rings (SSSR count). The van der Waals surface area contributed by atoms with Crippen molar-refractivity contribution >= 4 is 11.9 Å². The van der Waals surface area contributed by atoms with Crippen molar-refractivity contribution < 1.29 is 19.8 Å². The van der Waals surface area contributed by atoms with Crippen LogP contribution in [0.4, 0.5) is 0 Å². The quantitative estimate of drug-likeness (QED) is 0.672. The van der Waals surface area contributed by atoms with Gasteiger partial charge in [0.15, 0.2) is 0 Å². The summed E-state index contributed by atoms with van der Waals surface area (Å²) in [6.07, 6.45) is 5.37. The zero-order valence-electron chi connectivity index (χ0n) is 7.69. The molecule has 2 N–H and O–H groups in total. The van der Waals surface area contributed by atoms with Crippen molar-refractivity contribution in [3.8, 4) is 0 Å². The maximum absolute atomic E-state index is 10.8. The van der Waals surface area contributed by atoms with E-state index in [0.717, 1.165) is 18.9 Å². The van der Waals surface area contributed by atoms with Gasteiger partial charge in [-0.1, -0.05) is 6.08 Å². The number of carboxylic acids is 2. The Balaban J connectivity index is 2.89. The van der Waals surface area contributed by atoms with Crippen LogP contribution in [0.15, 0.2) is 23.3 Å². The lowest BCUT2D eigenvalue weighted by atomic mass is 9.91. The molecule has 1 aliphatic carbocycles. The van der Waals surface area contributed by atoms with Crippen LogP contribution in [0.1, 0.15) is 25.7 Å². The van der Waals surface area contributed by atoms with Gasteiger partial charge in [-0.05, 0) is 31.3 Å². The van der Waals surface area contributed by atoms with E-state index in [1.807, 2.05) is 0 Å². The number of hydrogen-bond donors (Lipinski definition) is 2. The van der Waals surface area contributed by atoms with Crippen molar-refractivity contribution in [3.05, 3.63) is 23.3 Å². The molecule has 0 atom stereocenters. The van der Waals surface area contributed by atoms with Crippen molar-refractivity contribution in [2.45, 2.75) is 25.7 Å². The predicted molar refractivity (Wildman–Crippen MR) is 49.9 cm³/mol. The Morgan fingerprint density at radius 1 is 1.14 bits per heavy atom. The molecule has 0 aromatic heterocycles. The zero-order chi connectivity index (χ0) is 10.6. The summed E-state index contributed by atoms with van der Waals surface area (Å²) in [6, 6.07) is 0. The summed E-state index contributed by atoms with van der Waals surface area (Å²) in [4.78, 5) is 21.0. The van der Waals surface area contributed by atoms with E-state index in [1.54, 1.807) is 0 Å². The monoisotopic (exact) mass is 196 g/mol. The van der Waals surface area contributed by atoms with Crippen LogP contribution in [0.3, 0.4) is 0 Å². The maximum Gasteiger partial charge on any atom is 0.331 e. The molecule has 0 spiro atoms. The topological polar surface area (TPSA) is 74.6 Å². The van der Waals surface area contributed by atoms with Gasteiger partial charge in [0.1, 0.15) is 0 Å².